The molecule has 1 aliphatic rings. The molecule has 0 amide bonds. The van der Waals surface area contributed by atoms with Crippen molar-refractivity contribution in [1.29, 1.82) is 0 Å². The molecule has 0 unspecified atom stereocenters. The molecular formula is C16H20N2O. The number of hydrogen-bond acceptors (Lipinski definition) is 3. The van der Waals surface area contributed by atoms with Gasteiger partial charge in [-0.25, -0.2) is 0 Å². The monoisotopic (exact) mass is 256 g/mol. The highest BCUT2D eigenvalue weighted by molar-refractivity contribution is 5.94. The van der Waals surface area contributed by atoms with Gasteiger partial charge in [-0.05, 0) is 24.8 Å². The number of aromatic nitrogens is 1. The molecule has 1 saturated carbocycles. The second-order valence-corrected chi connectivity index (χ2v) is 5.32. The normalized spacial score (nSPS) is 16.7. The molecule has 0 radical (unpaired) electrons. The molecule has 0 spiro atoms. The fraction of sp³-hybridized carbons (Fsp3) is 0.438. The van der Waals surface area contributed by atoms with Gasteiger partial charge in [0.1, 0.15) is 5.75 Å². The lowest BCUT2D eigenvalue weighted by molar-refractivity contribution is 0.389. The van der Waals surface area contributed by atoms with Crippen LogP contribution in [0.15, 0.2) is 24.4 Å². The number of anilines is 1. The van der Waals surface area contributed by atoms with Crippen molar-refractivity contribution < 1.29 is 4.74 Å². The maximum atomic E-state index is 6.09. The number of hydrogen-bond donors (Lipinski definition) is 1. The molecule has 3 heteroatoms. The van der Waals surface area contributed by atoms with Gasteiger partial charge in [-0.15, -0.1) is 0 Å². The summed E-state index contributed by atoms with van der Waals surface area (Å²) in [5.41, 5.74) is 9.00. The van der Waals surface area contributed by atoms with Gasteiger partial charge in [-0.2, -0.15) is 0 Å². The van der Waals surface area contributed by atoms with Crippen molar-refractivity contribution in [3.63, 3.8) is 0 Å². The van der Waals surface area contributed by atoms with E-state index < -0.39 is 0 Å². The zero-order valence-corrected chi connectivity index (χ0v) is 11.4. The summed E-state index contributed by atoms with van der Waals surface area (Å²) in [7, 11) is 1.73. The lowest BCUT2D eigenvalue weighted by Crippen LogP contribution is -2.08. The first kappa shape index (κ1) is 12.3. The molecule has 19 heavy (non-hydrogen) atoms. The van der Waals surface area contributed by atoms with Crippen molar-refractivity contribution in [3.8, 4) is 5.75 Å². The zero-order valence-electron chi connectivity index (χ0n) is 11.4. The molecule has 100 valence electrons. The SMILES string of the molecule is COc1cc(N)c2ncccc2c1C1CCCCC1. The summed E-state index contributed by atoms with van der Waals surface area (Å²) in [5, 5.41) is 1.16. The molecule has 2 aromatic rings. The molecule has 1 aromatic heterocycles. The van der Waals surface area contributed by atoms with Crippen molar-refractivity contribution in [2.45, 2.75) is 38.0 Å². The average Bonchev–Trinajstić information content (AvgIpc) is 2.48. The lowest BCUT2D eigenvalue weighted by Gasteiger charge is -2.25. The van der Waals surface area contributed by atoms with E-state index in [9.17, 15) is 0 Å². The molecule has 2 N–H and O–H groups in total. The third-order valence-corrected chi connectivity index (χ3v) is 4.16. The van der Waals surface area contributed by atoms with E-state index >= 15 is 0 Å². The van der Waals surface area contributed by atoms with E-state index in [1.54, 1.807) is 13.3 Å². The average molecular weight is 256 g/mol. The van der Waals surface area contributed by atoms with Crippen LogP contribution in [0.4, 0.5) is 5.69 Å². The van der Waals surface area contributed by atoms with Crippen LogP contribution in [0.1, 0.15) is 43.6 Å². The van der Waals surface area contributed by atoms with Gasteiger partial charge in [-0.1, -0.05) is 25.3 Å². The smallest absolute Gasteiger partial charge is 0.125 e. The minimum absolute atomic E-state index is 0.580. The summed E-state index contributed by atoms with van der Waals surface area (Å²) >= 11 is 0. The summed E-state index contributed by atoms with van der Waals surface area (Å²) in [4.78, 5) is 4.43. The van der Waals surface area contributed by atoms with Gasteiger partial charge in [0.2, 0.25) is 0 Å². The Morgan fingerprint density at radius 3 is 2.79 bits per heavy atom. The number of nitrogens with zero attached hydrogens (tertiary/aromatic N) is 1. The molecule has 3 nitrogen and oxygen atoms in total. The van der Waals surface area contributed by atoms with Gasteiger partial charge in [-0.3, -0.25) is 4.98 Å². The number of nitrogens with two attached hydrogens (primary N) is 1. The lowest BCUT2D eigenvalue weighted by atomic mass is 9.82. The van der Waals surface area contributed by atoms with Gasteiger partial charge < -0.3 is 10.5 Å². The van der Waals surface area contributed by atoms with Crippen LogP contribution < -0.4 is 10.5 Å². The topological polar surface area (TPSA) is 48.1 Å². The largest absolute Gasteiger partial charge is 0.496 e. The fourth-order valence-corrected chi connectivity index (χ4v) is 3.25. The molecule has 0 aliphatic heterocycles. The molecular weight excluding hydrogens is 236 g/mol. The minimum Gasteiger partial charge on any atom is -0.496 e. The Labute approximate surface area is 113 Å². The summed E-state index contributed by atoms with van der Waals surface area (Å²) in [5.74, 6) is 1.50. The molecule has 3 rings (SSSR count). The van der Waals surface area contributed by atoms with E-state index in [2.05, 4.69) is 11.1 Å². The van der Waals surface area contributed by atoms with Crippen LogP contribution in [-0.4, -0.2) is 12.1 Å². The van der Waals surface area contributed by atoms with Crippen molar-refractivity contribution in [1.82, 2.24) is 4.98 Å². The highest BCUT2D eigenvalue weighted by Crippen LogP contribution is 2.42. The molecule has 0 saturated heterocycles. The quantitative estimate of drug-likeness (QED) is 0.830. The van der Waals surface area contributed by atoms with Crippen LogP contribution in [0.2, 0.25) is 0 Å². The Bertz CT molecular complexity index is 589. The summed E-state index contributed by atoms with van der Waals surface area (Å²) in [6.45, 7) is 0. The predicted octanol–water partition coefficient (Wildman–Crippen LogP) is 3.87. The first-order valence-corrected chi connectivity index (χ1v) is 7.02. The van der Waals surface area contributed by atoms with Crippen LogP contribution >= 0.6 is 0 Å². The second-order valence-electron chi connectivity index (χ2n) is 5.32. The first-order valence-electron chi connectivity index (χ1n) is 7.02. The maximum absolute atomic E-state index is 6.09. The van der Waals surface area contributed by atoms with Crippen LogP contribution in [0.25, 0.3) is 10.9 Å². The molecule has 1 heterocycles. The maximum Gasteiger partial charge on any atom is 0.125 e. The third kappa shape index (κ3) is 2.14. The van der Waals surface area contributed by atoms with E-state index in [0.29, 0.717) is 11.6 Å². The van der Waals surface area contributed by atoms with Gasteiger partial charge in [0, 0.05) is 23.2 Å². The van der Waals surface area contributed by atoms with Gasteiger partial charge >= 0.3 is 0 Å². The number of methoxy groups -OCH3 is 1. The Kier molecular flexibility index (Phi) is 3.28. The number of pyridine rings is 1. The zero-order chi connectivity index (χ0) is 13.2. The van der Waals surface area contributed by atoms with Gasteiger partial charge in [0.15, 0.2) is 0 Å². The Morgan fingerprint density at radius 1 is 1.26 bits per heavy atom. The Balaban J connectivity index is 2.22. The van der Waals surface area contributed by atoms with E-state index in [1.165, 1.54) is 37.7 Å². The molecule has 1 aliphatic carbocycles. The van der Waals surface area contributed by atoms with E-state index in [4.69, 9.17) is 10.5 Å². The van der Waals surface area contributed by atoms with Crippen molar-refractivity contribution >= 4 is 16.6 Å². The van der Waals surface area contributed by atoms with Crippen molar-refractivity contribution in [2.24, 2.45) is 0 Å². The van der Waals surface area contributed by atoms with Crippen molar-refractivity contribution in [2.75, 3.05) is 12.8 Å². The summed E-state index contributed by atoms with van der Waals surface area (Å²) < 4.78 is 5.58. The van der Waals surface area contributed by atoms with Crippen LogP contribution in [0.5, 0.6) is 5.75 Å². The van der Waals surface area contributed by atoms with E-state index in [1.807, 2.05) is 12.1 Å². The minimum atomic E-state index is 0.580. The third-order valence-electron chi connectivity index (χ3n) is 4.16. The summed E-state index contributed by atoms with van der Waals surface area (Å²) in [6, 6.07) is 6.03. The first-order chi connectivity index (χ1) is 9.31. The van der Waals surface area contributed by atoms with E-state index in [-0.39, 0.29) is 0 Å². The Morgan fingerprint density at radius 2 is 2.05 bits per heavy atom. The number of benzene rings is 1. The Hall–Kier alpha value is -1.77. The van der Waals surface area contributed by atoms with Crippen LogP contribution in [-0.2, 0) is 0 Å². The number of fused-ring (bicyclic) bond motifs is 1. The number of ether oxygens (including phenoxy) is 1. The fourth-order valence-electron chi connectivity index (χ4n) is 3.25. The van der Waals surface area contributed by atoms with E-state index in [0.717, 1.165) is 16.7 Å². The van der Waals surface area contributed by atoms with Gasteiger partial charge in [0.05, 0.1) is 18.3 Å². The molecule has 0 atom stereocenters. The number of rotatable bonds is 2. The predicted molar refractivity (Wildman–Crippen MR) is 78.5 cm³/mol. The molecule has 1 aromatic carbocycles. The highest BCUT2D eigenvalue weighted by Gasteiger charge is 2.22. The molecule has 0 bridgehead atoms. The van der Waals surface area contributed by atoms with Gasteiger partial charge in [0.25, 0.3) is 0 Å². The van der Waals surface area contributed by atoms with Crippen molar-refractivity contribution in [3.05, 3.63) is 30.0 Å². The van der Waals surface area contributed by atoms with Crippen LogP contribution in [0.3, 0.4) is 0 Å². The number of nitrogen functional groups attached to an aromatic ring is 1. The molecule has 1 fully saturated rings. The van der Waals surface area contributed by atoms with Crippen LogP contribution in [0, 0.1) is 0 Å². The standard InChI is InChI=1S/C16H20N2O/c1-19-14-10-13(17)16-12(8-5-9-18-16)15(14)11-6-3-2-4-7-11/h5,8-11H,2-4,6-7,17H2,1H3. The summed E-state index contributed by atoms with van der Waals surface area (Å²) in [6.07, 6.45) is 8.24. The second kappa shape index (κ2) is 5.08. The highest BCUT2D eigenvalue weighted by atomic mass is 16.5.